The number of methoxy groups -OCH3 is 1. The highest BCUT2D eigenvalue weighted by Crippen LogP contribution is 2.33. The molecule has 4 aromatic carbocycles. The van der Waals surface area contributed by atoms with Crippen LogP contribution in [0.15, 0.2) is 103 Å². The molecule has 2 nitrogen and oxygen atoms in total. The fourth-order valence-electron chi connectivity index (χ4n) is 4.39. The van der Waals surface area contributed by atoms with E-state index in [1.807, 2.05) is 18.2 Å². The topological polar surface area (TPSA) is 26.3 Å². The molecule has 0 saturated heterocycles. The number of rotatable bonds is 4. The predicted octanol–water partition coefficient (Wildman–Crippen LogP) is 6.46. The highest BCUT2D eigenvalue weighted by molar-refractivity contribution is 6.12. The van der Waals surface area contributed by atoms with Gasteiger partial charge < -0.3 is 4.74 Å². The van der Waals surface area contributed by atoms with Gasteiger partial charge in [-0.1, -0.05) is 97.1 Å². The molecule has 0 heterocycles. The van der Waals surface area contributed by atoms with Gasteiger partial charge in [0, 0.05) is 31.3 Å². The smallest absolute Gasteiger partial charge is 0.193 e. The third-order valence-corrected chi connectivity index (χ3v) is 5.91. The molecule has 0 amide bonds. The zero-order chi connectivity index (χ0) is 22.3. The van der Waals surface area contributed by atoms with Gasteiger partial charge in [-0.3, -0.25) is 4.79 Å². The Kier molecular flexibility index (Phi) is 6.94. The number of benzene rings is 4. The monoisotopic (exact) mass is 420 g/mol. The minimum absolute atomic E-state index is 0.148. The lowest BCUT2D eigenvalue weighted by Gasteiger charge is -2.23. The molecular weight excluding hydrogens is 392 g/mol. The first-order valence-corrected chi connectivity index (χ1v) is 11.0. The predicted molar refractivity (Wildman–Crippen MR) is 130 cm³/mol. The zero-order valence-electron chi connectivity index (χ0n) is 18.6. The van der Waals surface area contributed by atoms with Crippen molar-refractivity contribution in [1.29, 1.82) is 0 Å². The molecule has 2 heteroatoms. The van der Waals surface area contributed by atoms with Crippen LogP contribution in [0.1, 0.15) is 49.7 Å². The Morgan fingerprint density at radius 3 is 2.00 bits per heavy atom. The van der Waals surface area contributed by atoms with Crippen molar-refractivity contribution in [3.8, 4) is 0 Å². The lowest BCUT2D eigenvalue weighted by molar-refractivity contribution is 0.103. The molecule has 32 heavy (non-hydrogen) atoms. The SMILES string of the molecule is COC.O=C1c2ccccc2Cc2ccc(C(Cc3ccccc3)c3ccccc3)cc21. The molecule has 1 aliphatic carbocycles. The Morgan fingerprint density at radius 2 is 1.28 bits per heavy atom. The van der Waals surface area contributed by atoms with Crippen molar-refractivity contribution in [3.05, 3.63) is 142 Å². The molecule has 4 aromatic rings. The summed E-state index contributed by atoms with van der Waals surface area (Å²) in [6, 6.07) is 35.7. The second-order valence-electron chi connectivity index (χ2n) is 8.14. The van der Waals surface area contributed by atoms with E-state index >= 15 is 0 Å². The molecule has 0 bridgehead atoms. The van der Waals surface area contributed by atoms with Crippen LogP contribution in [0.3, 0.4) is 0 Å². The Morgan fingerprint density at radius 1 is 0.688 bits per heavy atom. The van der Waals surface area contributed by atoms with Gasteiger partial charge in [-0.15, -0.1) is 0 Å². The van der Waals surface area contributed by atoms with Crippen LogP contribution in [-0.2, 0) is 17.6 Å². The van der Waals surface area contributed by atoms with E-state index < -0.39 is 0 Å². The number of carbonyl (C=O) groups excluding carboxylic acids is 1. The van der Waals surface area contributed by atoms with E-state index in [1.54, 1.807) is 14.2 Å². The normalized spacial score (nSPS) is 12.8. The van der Waals surface area contributed by atoms with Crippen molar-refractivity contribution in [2.75, 3.05) is 14.2 Å². The first kappa shape index (κ1) is 21.7. The number of hydrogen-bond donors (Lipinski definition) is 0. The number of ether oxygens (including phenoxy) is 1. The molecule has 0 N–H and O–H groups in total. The highest BCUT2D eigenvalue weighted by Gasteiger charge is 2.25. The van der Waals surface area contributed by atoms with Crippen molar-refractivity contribution in [3.63, 3.8) is 0 Å². The molecule has 5 rings (SSSR count). The number of hydrogen-bond acceptors (Lipinski definition) is 2. The lowest BCUT2D eigenvalue weighted by Crippen LogP contribution is -2.16. The number of ketones is 1. The lowest BCUT2D eigenvalue weighted by atomic mass is 9.80. The van der Waals surface area contributed by atoms with Gasteiger partial charge >= 0.3 is 0 Å². The summed E-state index contributed by atoms with van der Waals surface area (Å²) >= 11 is 0. The van der Waals surface area contributed by atoms with Gasteiger partial charge in [0.05, 0.1) is 0 Å². The Hall–Kier alpha value is -3.49. The van der Waals surface area contributed by atoms with Gasteiger partial charge in [-0.2, -0.15) is 0 Å². The summed E-state index contributed by atoms with van der Waals surface area (Å²) in [5.74, 6) is 0.365. The van der Waals surface area contributed by atoms with Gasteiger partial charge in [-0.25, -0.2) is 0 Å². The Balaban J connectivity index is 0.000000775. The number of carbonyl (C=O) groups is 1. The second kappa shape index (κ2) is 10.2. The van der Waals surface area contributed by atoms with Gasteiger partial charge in [0.2, 0.25) is 0 Å². The van der Waals surface area contributed by atoms with Crippen molar-refractivity contribution in [2.45, 2.75) is 18.8 Å². The zero-order valence-corrected chi connectivity index (χ0v) is 18.6. The summed E-state index contributed by atoms with van der Waals surface area (Å²) in [4.78, 5) is 13.2. The summed E-state index contributed by atoms with van der Waals surface area (Å²) in [6.45, 7) is 0. The minimum atomic E-state index is 0.148. The Bertz CT molecular complexity index is 1180. The fraction of sp³-hybridized carbons (Fsp3) is 0.167. The summed E-state index contributed by atoms with van der Waals surface area (Å²) in [7, 11) is 3.25. The van der Waals surface area contributed by atoms with Crippen LogP contribution in [0.2, 0.25) is 0 Å². The van der Waals surface area contributed by atoms with E-state index in [0.717, 1.165) is 35.1 Å². The molecule has 1 atom stereocenters. The van der Waals surface area contributed by atoms with Crippen molar-refractivity contribution >= 4 is 5.78 Å². The summed E-state index contributed by atoms with van der Waals surface area (Å²) in [5.41, 5.74) is 7.74. The highest BCUT2D eigenvalue weighted by atomic mass is 16.4. The van der Waals surface area contributed by atoms with E-state index in [9.17, 15) is 4.79 Å². The van der Waals surface area contributed by atoms with Crippen molar-refractivity contribution in [1.82, 2.24) is 0 Å². The average Bonchev–Trinajstić information content (AvgIpc) is 2.84. The summed E-state index contributed by atoms with van der Waals surface area (Å²) in [6.07, 6.45) is 1.74. The molecule has 1 aliphatic rings. The largest absolute Gasteiger partial charge is 0.388 e. The molecule has 0 radical (unpaired) electrons. The van der Waals surface area contributed by atoms with Crippen LogP contribution < -0.4 is 0 Å². The van der Waals surface area contributed by atoms with Crippen LogP contribution in [0.5, 0.6) is 0 Å². The van der Waals surface area contributed by atoms with Crippen LogP contribution in [0, 0.1) is 0 Å². The third-order valence-electron chi connectivity index (χ3n) is 5.91. The average molecular weight is 421 g/mol. The van der Waals surface area contributed by atoms with Gasteiger partial charge in [0.1, 0.15) is 0 Å². The fourth-order valence-corrected chi connectivity index (χ4v) is 4.39. The van der Waals surface area contributed by atoms with Crippen molar-refractivity contribution in [2.24, 2.45) is 0 Å². The molecular formula is C30H28O2. The maximum atomic E-state index is 13.2. The standard InChI is InChI=1S/C28H22O.C2H6O/c29-28-25-14-8-7-13-22(25)18-23-15-16-24(19-27(23)28)26(21-11-5-2-6-12-21)17-20-9-3-1-4-10-20;1-3-2/h1-16,19,26H,17-18H2;1-2H3. The molecule has 0 aliphatic heterocycles. The molecule has 0 spiro atoms. The van der Waals surface area contributed by atoms with Crippen LogP contribution in [0.4, 0.5) is 0 Å². The van der Waals surface area contributed by atoms with Crippen molar-refractivity contribution < 1.29 is 9.53 Å². The molecule has 0 saturated carbocycles. The molecule has 1 unspecified atom stereocenters. The maximum Gasteiger partial charge on any atom is 0.193 e. The van der Waals surface area contributed by atoms with E-state index in [0.29, 0.717) is 0 Å². The molecule has 160 valence electrons. The van der Waals surface area contributed by atoms with E-state index in [1.165, 1.54) is 16.7 Å². The summed E-state index contributed by atoms with van der Waals surface area (Å²) in [5, 5.41) is 0. The first-order chi connectivity index (χ1) is 15.7. The van der Waals surface area contributed by atoms with Crippen LogP contribution in [-0.4, -0.2) is 20.0 Å². The van der Waals surface area contributed by atoms with Gasteiger partial charge in [-0.05, 0) is 46.7 Å². The van der Waals surface area contributed by atoms with E-state index in [-0.39, 0.29) is 11.7 Å². The van der Waals surface area contributed by atoms with Gasteiger partial charge in [0.15, 0.2) is 5.78 Å². The van der Waals surface area contributed by atoms with E-state index in [2.05, 4.69) is 89.7 Å². The minimum Gasteiger partial charge on any atom is -0.388 e. The summed E-state index contributed by atoms with van der Waals surface area (Å²) < 4.78 is 4.25. The quantitative estimate of drug-likeness (QED) is 0.334. The maximum absolute atomic E-state index is 13.2. The first-order valence-electron chi connectivity index (χ1n) is 11.0. The second-order valence-corrected chi connectivity index (χ2v) is 8.14. The van der Waals surface area contributed by atoms with Crippen LogP contribution in [0.25, 0.3) is 0 Å². The third kappa shape index (κ3) is 4.71. The Labute approximate surface area is 190 Å². The van der Waals surface area contributed by atoms with E-state index in [4.69, 9.17) is 0 Å². The number of fused-ring (bicyclic) bond motifs is 2. The van der Waals surface area contributed by atoms with Gasteiger partial charge in [0.25, 0.3) is 0 Å². The molecule has 0 aromatic heterocycles. The molecule has 0 fully saturated rings. The van der Waals surface area contributed by atoms with Crippen LogP contribution >= 0.6 is 0 Å².